The first kappa shape index (κ1) is 16.8. The number of aryl methyl sites for hydroxylation is 1. The van der Waals surface area contributed by atoms with Crippen LogP contribution in [0.15, 0.2) is 36.7 Å². The first-order chi connectivity index (χ1) is 13.7. The summed E-state index contributed by atoms with van der Waals surface area (Å²) >= 11 is 0. The van der Waals surface area contributed by atoms with Crippen molar-refractivity contribution >= 4 is 5.91 Å². The normalized spacial score (nSPS) is 15.5. The van der Waals surface area contributed by atoms with Gasteiger partial charge in [-0.25, -0.2) is 0 Å². The van der Waals surface area contributed by atoms with Crippen molar-refractivity contribution in [1.29, 1.82) is 0 Å². The topological polar surface area (TPSA) is 91.3 Å². The number of aromatic nitrogens is 3. The third-order valence-electron chi connectivity index (χ3n) is 5.41. The highest BCUT2D eigenvalue weighted by Crippen LogP contribution is 2.37. The summed E-state index contributed by atoms with van der Waals surface area (Å²) in [7, 11) is 0. The number of amides is 1. The van der Waals surface area contributed by atoms with E-state index in [1.165, 1.54) is 0 Å². The van der Waals surface area contributed by atoms with E-state index in [4.69, 9.17) is 4.74 Å². The van der Waals surface area contributed by atoms with Gasteiger partial charge in [0.15, 0.2) is 17.2 Å². The Labute approximate surface area is 162 Å². The molecular formula is C21H20N4O3. The Kier molecular flexibility index (Phi) is 4.00. The van der Waals surface area contributed by atoms with Crippen molar-refractivity contribution in [3.05, 3.63) is 59.2 Å². The molecule has 0 saturated heterocycles. The smallest absolute Gasteiger partial charge is 0.275 e. The highest BCUT2D eigenvalue weighted by atomic mass is 16.5. The van der Waals surface area contributed by atoms with Crippen LogP contribution in [0.3, 0.4) is 0 Å². The Balaban J connectivity index is 1.49. The van der Waals surface area contributed by atoms with E-state index in [0.29, 0.717) is 31.1 Å². The lowest BCUT2D eigenvalue weighted by atomic mass is 10.0. The van der Waals surface area contributed by atoms with Gasteiger partial charge < -0.3 is 14.7 Å². The van der Waals surface area contributed by atoms with Crippen LogP contribution in [0.4, 0.5) is 0 Å². The maximum absolute atomic E-state index is 13.1. The number of aromatic amines is 1. The molecule has 0 spiro atoms. The fourth-order valence-electron chi connectivity index (χ4n) is 4.02. The molecule has 0 atom stereocenters. The van der Waals surface area contributed by atoms with Gasteiger partial charge in [0, 0.05) is 41.3 Å². The van der Waals surface area contributed by atoms with Gasteiger partial charge in [-0.3, -0.25) is 14.9 Å². The first-order valence-corrected chi connectivity index (χ1v) is 9.45. The van der Waals surface area contributed by atoms with Crippen LogP contribution in [-0.4, -0.2) is 44.2 Å². The van der Waals surface area contributed by atoms with Crippen LogP contribution in [0.1, 0.15) is 33.7 Å². The van der Waals surface area contributed by atoms with Crippen molar-refractivity contribution in [2.45, 2.75) is 25.8 Å². The van der Waals surface area contributed by atoms with Crippen molar-refractivity contribution in [3.63, 3.8) is 0 Å². The summed E-state index contributed by atoms with van der Waals surface area (Å²) in [6.45, 7) is 1.12. The number of fused-ring (bicyclic) bond motifs is 2. The van der Waals surface area contributed by atoms with Crippen molar-refractivity contribution in [3.8, 4) is 22.6 Å². The molecule has 0 radical (unpaired) electrons. The zero-order valence-electron chi connectivity index (χ0n) is 15.3. The number of aromatic hydroxyl groups is 1. The van der Waals surface area contributed by atoms with E-state index in [9.17, 15) is 9.90 Å². The summed E-state index contributed by atoms with van der Waals surface area (Å²) < 4.78 is 5.77. The fourth-order valence-corrected chi connectivity index (χ4v) is 4.02. The number of phenols is 1. The van der Waals surface area contributed by atoms with Crippen LogP contribution in [0, 0.1) is 0 Å². The summed E-state index contributed by atoms with van der Waals surface area (Å²) in [5, 5.41) is 17.8. The van der Waals surface area contributed by atoms with Crippen molar-refractivity contribution < 1.29 is 14.6 Å². The third kappa shape index (κ3) is 2.79. The Morgan fingerprint density at radius 3 is 3.04 bits per heavy atom. The molecule has 0 bridgehead atoms. The van der Waals surface area contributed by atoms with Crippen LogP contribution in [0.25, 0.3) is 11.1 Å². The van der Waals surface area contributed by atoms with Gasteiger partial charge in [-0.05, 0) is 43.0 Å². The van der Waals surface area contributed by atoms with Gasteiger partial charge in [-0.15, -0.1) is 0 Å². The molecule has 3 heterocycles. The van der Waals surface area contributed by atoms with Gasteiger partial charge in [0.05, 0.1) is 6.54 Å². The second-order valence-electron chi connectivity index (χ2n) is 7.18. The number of phenolic OH excluding ortho intramolecular Hbond substituents is 1. The molecule has 2 aliphatic rings. The predicted molar refractivity (Wildman–Crippen MR) is 102 cm³/mol. The molecule has 1 amide bonds. The van der Waals surface area contributed by atoms with Crippen molar-refractivity contribution in [1.82, 2.24) is 20.1 Å². The predicted octanol–water partition coefficient (Wildman–Crippen LogP) is 2.70. The molecule has 3 aromatic rings. The minimum absolute atomic E-state index is 0.0753. The van der Waals surface area contributed by atoms with E-state index in [1.54, 1.807) is 23.4 Å². The number of benzene rings is 1. The van der Waals surface area contributed by atoms with E-state index >= 15 is 0 Å². The zero-order chi connectivity index (χ0) is 19.1. The van der Waals surface area contributed by atoms with E-state index in [1.807, 2.05) is 18.2 Å². The second-order valence-corrected chi connectivity index (χ2v) is 7.18. The maximum atomic E-state index is 13.1. The average Bonchev–Trinajstić information content (AvgIpc) is 3.26. The molecule has 0 saturated carbocycles. The van der Waals surface area contributed by atoms with Gasteiger partial charge in [0.1, 0.15) is 6.61 Å². The highest BCUT2D eigenvalue weighted by Gasteiger charge is 2.29. The van der Waals surface area contributed by atoms with Crippen LogP contribution < -0.4 is 4.74 Å². The number of pyridine rings is 1. The van der Waals surface area contributed by atoms with E-state index in [-0.39, 0.29) is 11.7 Å². The number of hydrogen-bond acceptors (Lipinski definition) is 5. The summed E-state index contributed by atoms with van der Waals surface area (Å²) in [5.41, 5.74) is 5.14. The molecule has 7 nitrogen and oxygen atoms in total. The largest absolute Gasteiger partial charge is 0.504 e. The van der Waals surface area contributed by atoms with Gasteiger partial charge in [0.2, 0.25) is 0 Å². The monoisotopic (exact) mass is 376 g/mol. The number of nitrogens with zero attached hydrogens (tertiary/aromatic N) is 3. The van der Waals surface area contributed by atoms with E-state index in [2.05, 4.69) is 15.2 Å². The van der Waals surface area contributed by atoms with Gasteiger partial charge in [0.25, 0.3) is 5.91 Å². The number of carbonyl (C=O) groups excluding carboxylic acids is 1. The number of hydrogen-bond donors (Lipinski definition) is 2. The summed E-state index contributed by atoms with van der Waals surface area (Å²) in [5.74, 6) is 0.420. The first-order valence-electron chi connectivity index (χ1n) is 9.45. The third-order valence-corrected chi connectivity index (χ3v) is 5.41. The number of rotatable bonds is 2. The SMILES string of the molecule is O=C(c1n[nH]c2c1CCC2)N1CCOc2c(O)cc(-c3cccnc3)cc2C1. The zero-order valence-corrected chi connectivity index (χ0v) is 15.3. The van der Waals surface area contributed by atoms with Gasteiger partial charge >= 0.3 is 0 Å². The summed E-state index contributed by atoms with van der Waals surface area (Å²) in [6, 6.07) is 7.41. The molecule has 0 fully saturated rings. The summed E-state index contributed by atoms with van der Waals surface area (Å²) in [4.78, 5) is 19.0. The molecule has 28 heavy (non-hydrogen) atoms. The quantitative estimate of drug-likeness (QED) is 0.718. The van der Waals surface area contributed by atoms with Crippen LogP contribution in [-0.2, 0) is 19.4 Å². The van der Waals surface area contributed by atoms with Crippen LogP contribution in [0.2, 0.25) is 0 Å². The van der Waals surface area contributed by atoms with Crippen LogP contribution in [0.5, 0.6) is 11.5 Å². The Hall–Kier alpha value is -3.35. The minimum Gasteiger partial charge on any atom is -0.504 e. The molecule has 1 aromatic carbocycles. The molecule has 142 valence electrons. The van der Waals surface area contributed by atoms with Crippen molar-refractivity contribution in [2.75, 3.05) is 13.2 Å². The Morgan fingerprint density at radius 1 is 1.25 bits per heavy atom. The lowest BCUT2D eigenvalue weighted by molar-refractivity contribution is 0.0726. The molecule has 1 aliphatic carbocycles. The molecule has 1 aliphatic heterocycles. The van der Waals surface area contributed by atoms with Gasteiger partial charge in [-0.1, -0.05) is 6.07 Å². The minimum atomic E-state index is -0.0953. The highest BCUT2D eigenvalue weighted by molar-refractivity contribution is 5.94. The number of nitrogens with one attached hydrogen (secondary N) is 1. The van der Waals surface area contributed by atoms with E-state index in [0.717, 1.165) is 47.2 Å². The lowest BCUT2D eigenvalue weighted by Crippen LogP contribution is -2.33. The second kappa shape index (κ2) is 6.67. The molecular weight excluding hydrogens is 356 g/mol. The number of carbonyl (C=O) groups is 1. The summed E-state index contributed by atoms with van der Waals surface area (Å²) in [6.07, 6.45) is 6.34. The van der Waals surface area contributed by atoms with E-state index < -0.39 is 0 Å². The fraction of sp³-hybridized carbons (Fsp3) is 0.286. The lowest BCUT2D eigenvalue weighted by Gasteiger charge is -2.19. The number of H-pyrrole nitrogens is 1. The molecule has 2 N–H and O–H groups in total. The van der Waals surface area contributed by atoms with Gasteiger partial charge in [-0.2, -0.15) is 5.10 Å². The Bertz CT molecular complexity index is 1050. The van der Waals surface area contributed by atoms with Crippen LogP contribution >= 0.6 is 0 Å². The maximum Gasteiger partial charge on any atom is 0.275 e. The molecule has 2 aromatic heterocycles. The molecule has 5 rings (SSSR count). The molecule has 0 unspecified atom stereocenters. The number of ether oxygens (including phenoxy) is 1. The average molecular weight is 376 g/mol. The Morgan fingerprint density at radius 2 is 2.18 bits per heavy atom. The van der Waals surface area contributed by atoms with Crippen molar-refractivity contribution in [2.24, 2.45) is 0 Å². The standard InChI is InChI=1S/C21H20N4O3/c26-18-10-14(13-3-2-6-22-11-13)9-15-12-25(7-8-28-20(15)18)21(27)19-16-4-1-5-17(16)23-24-19/h2-3,6,9-11,26H,1,4-5,7-8,12H2,(H,23,24). The molecule has 7 heteroatoms.